The van der Waals surface area contributed by atoms with Crippen LogP contribution in [0.5, 0.6) is 0 Å². The third-order valence-corrected chi connectivity index (χ3v) is 20.0. The van der Waals surface area contributed by atoms with Gasteiger partial charge in [-0.2, -0.15) is 0 Å². The number of phosphoric acid groups is 2. The molecule has 0 amide bonds. The number of hydrogen-bond donors (Lipinski definition) is 3. The smallest absolute Gasteiger partial charge is 0.462 e. The van der Waals surface area contributed by atoms with Gasteiger partial charge in [0.05, 0.1) is 26.4 Å². The summed E-state index contributed by atoms with van der Waals surface area (Å²) in [6, 6.07) is 0. The van der Waals surface area contributed by atoms with E-state index in [-0.39, 0.29) is 25.7 Å². The molecule has 19 heteroatoms. The third kappa shape index (κ3) is 69.0. The second-order valence-electron chi connectivity index (χ2n) is 28.1. The highest BCUT2D eigenvalue weighted by Crippen LogP contribution is 2.45. The van der Waals surface area contributed by atoms with Crippen LogP contribution in [0.1, 0.15) is 395 Å². The van der Waals surface area contributed by atoms with E-state index in [9.17, 15) is 43.2 Å². The van der Waals surface area contributed by atoms with Gasteiger partial charge in [-0.15, -0.1) is 0 Å². The molecule has 0 aliphatic heterocycles. The van der Waals surface area contributed by atoms with Crippen molar-refractivity contribution in [3.05, 3.63) is 0 Å². The Labute approximate surface area is 581 Å². The van der Waals surface area contributed by atoms with E-state index in [1.807, 2.05) is 0 Å². The lowest BCUT2D eigenvalue weighted by Crippen LogP contribution is -2.30. The van der Waals surface area contributed by atoms with Gasteiger partial charge in [-0.1, -0.05) is 343 Å². The first-order chi connectivity index (χ1) is 45.9. The van der Waals surface area contributed by atoms with Gasteiger partial charge in [0.15, 0.2) is 12.2 Å². The van der Waals surface area contributed by atoms with Gasteiger partial charge < -0.3 is 33.8 Å². The average Bonchev–Trinajstić information content (AvgIpc) is 1.30. The van der Waals surface area contributed by atoms with Crippen LogP contribution in [0.3, 0.4) is 0 Å². The molecule has 3 N–H and O–H groups in total. The Hall–Kier alpha value is -1.94. The maximum absolute atomic E-state index is 13.1. The van der Waals surface area contributed by atoms with Crippen LogP contribution < -0.4 is 0 Å². The molecule has 0 heterocycles. The van der Waals surface area contributed by atoms with Crippen molar-refractivity contribution in [1.29, 1.82) is 0 Å². The highest BCUT2D eigenvalue weighted by Gasteiger charge is 2.30. The lowest BCUT2D eigenvalue weighted by molar-refractivity contribution is -0.161. The van der Waals surface area contributed by atoms with Gasteiger partial charge in [0, 0.05) is 25.7 Å². The van der Waals surface area contributed by atoms with Gasteiger partial charge in [0.1, 0.15) is 19.3 Å². The maximum atomic E-state index is 13.1. The number of ether oxygens (including phenoxy) is 4. The molecule has 564 valence electrons. The summed E-state index contributed by atoms with van der Waals surface area (Å²) in [5, 5.41) is 10.6. The highest BCUT2D eigenvalue weighted by molar-refractivity contribution is 7.47. The molecular weight excluding hydrogens is 1250 g/mol. The quantitative estimate of drug-likeness (QED) is 0.0222. The molecule has 0 saturated carbocycles. The molecule has 3 unspecified atom stereocenters. The van der Waals surface area contributed by atoms with Gasteiger partial charge in [-0.05, 0) is 37.5 Å². The van der Waals surface area contributed by atoms with E-state index < -0.39 is 97.5 Å². The Kier molecular flexibility index (Phi) is 66.5. The van der Waals surface area contributed by atoms with Gasteiger partial charge >= 0.3 is 39.5 Å². The van der Waals surface area contributed by atoms with E-state index in [2.05, 4.69) is 41.5 Å². The van der Waals surface area contributed by atoms with E-state index in [1.54, 1.807) is 0 Å². The Morgan fingerprint density at radius 2 is 0.537 bits per heavy atom. The predicted octanol–water partition coefficient (Wildman–Crippen LogP) is 22.3. The number of carbonyl (C=O) groups excluding carboxylic acids is 4. The first-order valence-electron chi connectivity index (χ1n) is 39.5. The summed E-state index contributed by atoms with van der Waals surface area (Å²) in [5.41, 5.74) is 0. The van der Waals surface area contributed by atoms with Gasteiger partial charge in [0.25, 0.3) is 0 Å². The predicted molar refractivity (Wildman–Crippen MR) is 386 cm³/mol. The molecule has 0 aromatic rings. The Bertz CT molecular complexity index is 1840. The fourth-order valence-electron chi connectivity index (χ4n) is 11.6. The van der Waals surface area contributed by atoms with Crippen molar-refractivity contribution in [1.82, 2.24) is 0 Å². The zero-order chi connectivity index (χ0) is 70.0. The molecule has 6 atom stereocenters. The van der Waals surface area contributed by atoms with Crippen LogP contribution >= 0.6 is 15.6 Å². The maximum Gasteiger partial charge on any atom is 0.472 e. The fraction of sp³-hybridized carbons (Fsp3) is 0.947. The summed E-state index contributed by atoms with van der Waals surface area (Å²) >= 11 is 0. The molecule has 0 radical (unpaired) electrons. The number of carbonyl (C=O) groups is 4. The summed E-state index contributed by atoms with van der Waals surface area (Å²) in [6.45, 7) is 9.64. The average molecular weight is 1400 g/mol. The van der Waals surface area contributed by atoms with Gasteiger partial charge in [-0.25, -0.2) is 9.13 Å². The standard InChI is InChI=1S/C76H148O17P2/c1-7-10-12-14-16-18-34-40-46-52-58-73(78)86-64-71(92-75(80)60-54-48-42-35-19-17-15-13-11-8-2)66-90-94(82,83)88-62-70(77)63-89-95(84,85)91-67-72(65-87-74(79)59-53-47-41-36-31-30-32-38-44-50-56-68(4)5)93-76(81)61-55-49-43-37-29-27-25-23-21-20-22-24-26-28-33-39-45-51-57-69(6)9-3/h68-72,77H,7-67H2,1-6H3,(H,82,83)(H,84,85)/t69?,70-,71+,72+/m0/s1. The zero-order valence-electron chi connectivity index (χ0n) is 62.0. The molecule has 0 aliphatic rings. The molecule has 95 heavy (non-hydrogen) atoms. The summed E-state index contributed by atoms with van der Waals surface area (Å²) in [4.78, 5) is 72.7. The lowest BCUT2D eigenvalue weighted by Gasteiger charge is -2.21. The van der Waals surface area contributed by atoms with Crippen molar-refractivity contribution in [3.63, 3.8) is 0 Å². The van der Waals surface area contributed by atoms with Crippen LogP contribution in [0.4, 0.5) is 0 Å². The first kappa shape index (κ1) is 93.1. The molecule has 0 aromatic carbocycles. The molecule has 0 aliphatic carbocycles. The lowest BCUT2D eigenvalue weighted by atomic mass is 9.99. The molecule has 17 nitrogen and oxygen atoms in total. The van der Waals surface area contributed by atoms with Crippen molar-refractivity contribution >= 4 is 39.5 Å². The van der Waals surface area contributed by atoms with Crippen molar-refractivity contribution in [2.24, 2.45) is 11.8 Å². The molecule has 0 bridgehead atoms. The second-order valence-corrected chi connectivity index (χ2v) is 31.0. The summed E-state index contributed by atoms with van der Waals surface area (Å²) < 4.78 is 68.4. The van der Waals surface area contributed by atoms with Gasteiger partial charge in [-0.3, -0.25) is 37.3 Å². The number of aliphatic hydroxyl groups excluding tert-OH is 1. The van der Waals surface area contributed by atoms with Crippen LogP contribution in [-0.4, -0.2) is 96.7 Å². The van der Waals surface area contributed by atoms with Crippen molar-refractivity contribution in [2.45, 2.75) is 413 Å². The van der Waals surface area contributed by atoms with Crippen LogP contribution in [0.15, 0.2) is 0 Å². The first-order valence-corrected chi connectivity index (χ1v) is 42.5. The number of phosphoric ester groups is 2. The van der Waals surface area contributed by atoms with Crippen molar-refractivity contribution in [2.75, 3.05) is 39.6 Å². The van der Waals surface area contributed by atoms with Crippen LogP contribution in [0, 0.1) is 11.8 Å². The monoisotopic (exact) mass is 1400 g/mol. The minimum absolute atomic E-state index is 0.107. The second kappa shape index (κ2) is 67.9. The summed E-state index contributed by atoms with van der Waals surface area (Å²) in [7, 11) is -9.91. The minimum atomic E-state index is -4.96. The van der Waals surface area contributed by atoms with Gasteiger partial charge in [0.2, 0.25) is 0 Å². The Morgan fingerprint density at radius 1 is 0.305 bits per heavy atom. The Morgan fingerprint density at radius 3 is 0.800 bits per heavy atom. The zero-order valence-corrected chi connectivity index (χ0v) is 63.8. The Balaban J connectivity index is 5.17. The number of rotatable bonds is 75. The van der Waals surface area contributed by atoms with E-state index in [0.29, 0.717) is 25.7 Å². The van der Waals surface area contributed by atoms with E-state index in [0.717, 1.165) is 102 Å². The van der Waals surface area contributed by atoms with Crippen molar-refractivity contribution in [3.8, 4) is 0 Å². The fourth-order valence-corrected chi connectivity index (χ4v) is 13.2. The minimum Gasteiger partial charge on any atom is -0.462 e. The van der Waals surface area contributed by atoms with E-state index in [1.165, 1.54) is 212 Å². The largest absolute Gasteiger partial charge is 0.472 e. The van der Waals surface area contributed by atoms with Crippen molar-refractivity contribution < 1.29 is 80.2 Å². The van der Waals surface area contributed by atoms with Crippen LogP contribution in [0.25, 0.3) is 0 Å². The molecule has 0 fully saturated rings. The molecule has 0 saturated heterocycles. The molecule has 0 aromatic heterocycles. The number of esters is 4. The van der Waals surface area contributed by atoms with Crippen LogP contribution in [0.2, 0.25) is 0 Å². The molecular formula is C76H148O17P2. The number of hydrogen-bond acceptors (Lipinski definition) is 15. The van der Waals surface area contributed by atoms with E-state index >= 15 is 0 Å². The number of unbranched alkanes of at least 4 members (excludes halogenated alkanes) is 44. The molecule has 0 rings (SSSR count). The van der Waals surface area contributed by atoms with Crippen LogP contribution in [-0.2, 0) is 65.4 Å². The SMILES string of the molecule is CCCCCCCCCCCCC(=O)OC[C@H](COP(=O)(O)OC[C@H](O)COP(=O)(O)OC[C@@H](COC(=O)CCCCCCCCCCCCC(C)C)OC(=O)CCCCCCCCCCCCCCCCCCCCC(C)CC)OC(=O)CCCCCCCCCCCC. The topological polar surface area (TPSA) is 237 Å². The summed E-state index contributed by atoms with van der Waals surface area (Å²) in [6.07, 6.45) is 55.5. The third-order valence-electron chi connectivity index (χ3n) is 18.1. The van der Waals surface area contributed by atoms with E-state index in [4.69, 9.17) is 37.0 Å². The highest BCUT2D eigenvalue weighted by atomic mass is 31.2. The normalized spacial score (nSPS) is 14.3. The summed E-state index contributed by atoms with van der Waals surface area (Å²) in [5.74, 6) is -0.487. The molecule has 0 spiro atoms. The number of aliphatic hydroxyl groups is 1.